The van der Waals surface area contributed by atoms with Crippen molar-refractivity contribution in [1.29, 1.82) is 5.26 Å². The van der Waals surface area contributed by atoms with E-state index in [0.717, 1.165) is 11.3 Å². The minimum Gasteiger partial charge on any atom is -0.497 e. The summed E-state index contributed by atoms with van der Waals surface area (Å²) in [4.78, 5) is 11.7. The Labute approximate surface area is 116 Å². The van der Waals surface area contributed by atoms with Gasteiger partial charge in [-0.05, 0) is 24.0 Å². The van der Waals surface area contributed by atoms with E-state index >= 15 is 0 Å². The molecule has 0 saturated heterocycles. The van der Waals surface area contributed by atoms with E-state index in [1.807, 2.05) is 30.5 Å². The number of carbonyl (C=O) groups excluding carboxylic acids is 1. The van der Waals surface area contributed by atoms with Gasteiger partial charge >= 0.3 is 0 Å². The van der Waals surface area contributed by atoms with Gasteiger partial charge in [0.1, 0.15) is 5.75 Å². The Morgan fingerprint density at radius 2 is 2.11 bits per heavy atom. The SMILES string of the molecule is COc1ccc([C@@H]2CC(=O)NC(SC)=C2C#N)cc1. The van der Waals surface area contributed by atoms with Gasteiger partial charge in [0.2, 0.25) is 5.91 Å². The fraction of sp³-hybridized carbons (Fsp3) is 0.286. The van der Waals surface area contributed by atoms with E-state index in [1.54, 1.807) is 7.11 Å². The fourth-order valence-corrected chi connectivity index (χ4v) is 2.72. The number of hydrogen-bond donors (Lipinski definition) is 1. The van der Waals surface area contributed by atoms with E-state index in [-0.39, 0.29) is 11.8 Å². The molecule has 1 aromatic rings. The topological polar surface area (TPSA) is 62.1 Å². The molecule has 98 valence electrons. The van der Waals surface area contributed by atoms with Crippen molar-refractivity contribution < 1.29 is 9.53 Å². The minimum absolute atomic E-state index is 0.0517. The van der Waals surface area contributed by atoms with Gasteiger partial charge in [-0.15, -0.1) is 11.8 Å². The molecule has 0 spiro atoms. The van der Waals surface area contributed by atoms with Crippen LogP contribution in [0.15, 0.2) is 34.9 Å². The zero-order valence-corrected chi connectivity index (χ0v) is 11.6. The van der Waals surface area contributed by atoms with Crippen LogP contribution in [-0.2, 0) is 4.79 Å². The summed E-state index contributed by atoms with van der Waals surface area (Å²) in [5, 5.41) is 12.7. The lowest BCUT2D eigenvalue weighted by Crippen LogP contribution is -2.30. The molecule has 0 unspecified atom stereocenters. The molecule has 1 N–H and O–H groups in total. The van der Waals surface area contributed by atoms with Gasteiger partial charge in [0, 0.05) is 12.3 Å². The molecule has 0 aliphatic carbocycles. The Hall–Kier alpha value is -1.93. The maximum Gasteiger partial charge on any atom is 0.225 e. The van der Waals surface area contributed by atoms with E-state index in [0.29, 0.717) is 17.0 Å². The van der Waals surface area contributed by atoms with Crippen molar-refractivity contribution in [2.45, 2.75) is 12.3 Å². The van der Waals surface area contributed by atoms with Crippen LogP contribution in [0, 0.1) is 11.3 Å². The maximum absolute atomic E-state index is 11.7. The van der Waals surface area contributed by atoms with Gasteiger partial charge in [-0.1, -0.05) is 12.1 Å². The molecule has 2 rings (SSSR count). The van der Waals surface area contributed by atoms with E-state index in [2.05, 4.69) is 11.4 Å². The fourth-order valence-electron chi connectivity index (χ4n) is 2.10. The molecular weight excluding hydrogens is 260 g/mol. The third-order valence-corrected chi connectivity index (χ3v) is 3.81. The summed E-state index contributed by atoms with van der Waals surface area (Å²) >= 11 is 1.39. The van der Waals surface area contributed by atoms with Gasteiger partial charge in [-0.3, -0.25) is 4.79 Å². The molecule has 0 radical (unpaired) electrons. The molecule has 1 amide bonds. The number of nitriles is 1. The summed E-state index contributed by atoms with van der Waals surface area (Å²) in [7, 11) is 1.61. The lowest BCUT2D eigenvalue weighted by Gasteiger charge is -2.24. The van der Waals surface area contributed by atoms with Gasteiger partial charge < -0.3 is 10.1 Å². The summed E-state index contributed by atoms with van der Waals surface area (Å²) in [6, 6.07) is 9.70. The molecular formula is C14H14N2O2S. The van der Waals surface area contributed by atoms with Crippen molar-refractivity contribution in [3.8, 4) is 11.8 Å². The molecule has 1 aliphatic rings. The maximum atomic E-state index is 11.7. The van der Waals surface area contributed by atoms with Crippen LogP contribution in [0.2, 0.25) is 0 Å². The molecule has 1 aromatic carbocycles. The van der Waals surface area contributed by atoms with Gasteiger partial charge in [0.25, 0.3) is 0 Å². The average molecular weight is 274 g/mol. The van der Waals surface area contributed by atoms with Gasteiger partial charge in [0.05, 0.1) is 23.8 Å². The van der Waals surface area contributed by atoms with E-state index in [4.69, 9.17) is 4.74 Å². The highest BCUT2D eigenvalue weighted by Crippen LogP contribution is 2.35. The second-order valence-corrected chi connectivity index (χ2v) is 4.95. The van der Waals surface area contributed by atoms with Gasteiger partial charge in [0.15, 0.2) is 0 Å². The number of methoxy groups -OCH3 is 1. The van der Waals surface area contributed by atoms with Crippen LogP contribution in [0.1, 0.15) is 17.9 Å². The molecule has 0 bridgehead atoms. The summed E-state index contributed by atoms with van der Waals surface area (Å²) in [6.45, 7) is 0. The normalized spacial score (nSPS) is 18.8. The van der Waals surface area contributed by atoms with Gasteiger partial charge in [-0.25, -0.2) is 0 Å². The lowest BCUT2D eigenvalue weighted by atomic mass is 9.87. The second-order valence-electron chi connectivity index (χ2n) is 4.14. The first-order valence-electron chi connectivity index (χ1n) is 5.81. The van der Waals surface area contributed by atoms with Crippen LogP contribution in [0.5, 0.6) is 5.75 Å². The standard InChI is InChI=1S/C14H14N2O2S/c1-18-10-5-3-9(4-6-10)11-7-13(17)16-14(19-2)12(11)8-15/h3-6,11H,7H2,1-2H3,(H,16,17)/t11-/m0/s1. The summed E-state index contributed by atoms with van der Waals surface area (Å²) in [5.41, 5.74) is 1.58. The molecule has 4 nitrogen and oxygen atoms in total. The zero-order chi connectivity index (χ0) is 13.8. The Balaban J connectivity index is 2.41. The monoisotopic (exact) mass is 274 g/mol. The number of hydrogen-bond acceptors (Lipinski definition) is 4. The summed E-state index contributed by atoms with van der Waals surface area (Å²) in [6.07, 6.45) is 2.16. The van der Waals surface area contributed by atoms with E-state index in [9.17, 15) is 10.1 Å². The number of allylic oxidation sites excluding steroid dienone is 1. The van der Waals surface area contributed by atoms with Crippen molar-refractivity contribution in [3.63, 3.8) is 0 Å². The Bertz CT molecular complexity index is 558. The highest BCUT2D eigenvalue weighted by molar-refractivity contribution is 8.02. The Kier molecular flexibility index (Phi) is 4.13. The molecule has 0 fully saturated rings. The minimum atomic E-state index is -0.174. The molecule has 0 aromatic heterocycles. The van der Waals surface area contributed by atoms with Crippen LogP contribution in [-0.4, -0.2) is 19.3 Å². The number of nitrogens with zero attached hydrogens (tertiary/aromatic N) is 1. The van der Waals surface area contributed by atoms with Gasteiger partial charge in [-0.2, -0.15) is 5.26 Å². The third-order valence-electron chi connectivity index (χ3n) is 3.08. The quantitative estimate of drug-likeness (QED) is 0.919. The van der Waals surface area contributed by atoms with E-state index < -0.39 is 0 Å². The first kappa shape index (κ1) is 13.5. The first-order chi connectivity index (χ1) is 9.19. The number of benzene rings is 1. The van der Waals surface area contributed by atoms with Crippen LogP contribution < -0.4 is 10.1 Å². The van der Waals surface area contributed by atoms with Crippen LogP contribution in [0.25, 0.3) is 0 Å². The number of ether oxygens (including phenoxy) is 1. The van der Waals surface area contributed by atoms with Crippen molar-refractivity contribution >= 4 is 17.7 Å². The number of thioether (sulfide) groups is 1. The van der Waals surface area contributed by atoms with E-state index in [1.165, 1.54) is 11.8 Å². The molecule has 1 heterocycles. The zero-order valence-electron chi connectivity index (χ0n) is 10.8. The summed E-state index contributed by atoms with van der Waals surface area (Å²) < 4.78 is 5.11. The predicted octanol–water partition coefficient (Wildman–Crippen LogP) is 2.40. The largest absolute Gasteiger partial charge is 0.497 e. The number of nitrogens with one attached hydrogen (secondary N) is 1. The molecule has 19 heavy (non-hydrogen) atoms. The van der Waals surface area contributed by atoms with Crippen molar-refractivity contribution in [2.75, 3.05) is 13.4 Å². The molecule has 1 atom stereocenters. The Morgan fingerprint density at radius 3 is 2.63 bits per heavy atom. The number of rotatable bonds is 3. The van der Waals surface area contributed by atoms with Crippen molar-refractivity contribution in [1.82, 2.24) is 5.32 Å². The highest BCUT2D eigenvalue weighted by atomic mass is 32.2. The van der Waals surface area contributed by atoms with Crippen molar-refractivity contribution in [2.24, 2.45) is 0 Å². The lowest BCUT2D eigenvalue weighted by molar-refractivity contribution is -0.120. The average Bonchev–Trinajstić information content (AvgIpc) is 2.46. The number of amides is 1. The molecule has 5 heteroatoms. The summed E-state index contributed by atoms with van der Waals surface area (Å²) in [5.74, 6) is 0.535. The Morgan fingerprint density at radius 1 is 1.42 bits per heavy atom. The highest BCUT2D eigenvalue weighted by Gasteiger charge is 2.28. The second kappa shape index (κ2) is 5.81. The van der Waals surface area contributed by atoms with Crippen LogP contribution >= 0.6 is 11.8 Å². The first-order valence-corrected chi connectivity index (χ1v) is 7.04. The van der Waals surface area contributed by atoms with Crippen LogP contribution in [0.4, 0.5) is 0 Å². The van der Waals surface area contributed by atoms with Crippen molar-refractivity contribution in [3.05, 3.63) is 40.4 Å². The van der Waals surface area contributed by atoms with Crippen LogP contribution in [0.3, 0.4) is 0 Å². The number of carbonyl (C=O) groups is 1. The third kappa shape index (κ3) is 2.74. The predicted molar refractivity (Wildman–Crippen MR) is 74.6 cm³/mol. The molecule has 1 aliphatic heterocycles. The smallest absolute Gasteiger partial charge is 0.225 e. The molecule has 0 saturated carbocycles.